The normalized spacial score (nSPS) is 27.4. The summed E-state index contributed by atoms with van der Waals surface area (Å²) in [5.41, 5.74) is 2.68. The standard InChI is InChI=1S/C24H36N6/c1-19-11-13-20(14-12-19)23(24-25-26-27-30(24)22-9-3-2-4-10-22)29-17-15-28(16-18-29)21-7-5-6-8-21/h11-14,21-23H,2-10,15-18H2,1H3/p+2/t23-/m0/s1. The van der Waals surface area contributed by atoms with Crippen molar-refractivity contribution in [3.8, 4) is 0 Å². The summed E-state index contributed by atoms with van der Waals surface area (Å²) in [5, 5.41) is 13.3. The fourth-order valence-corrected chi connectivity index (χ4v) is 6.23. The van der Waals surface area contributed by atoms with Crippen LogP contribution in [-0.2, 0) is 0 Å². The molecule has 3 fully saturated rings. The maximum atomic E-state index is 4.64. The second-order valence-corrected chi connectivity index (χ2v) is 9.92. The third-order valence-electron chi connectivity index (χ3n) is 7.98. The highest BCUT2D eigenvalue weighted by atomic mass is 15.6. The highest BCUT2D eigenvalue weighted by Gasteiger charge is 2.38. The Morgan fingerprint density at radius 1 is 0.867 bits per heavy atom. The first-order chi connectivity index (χ1) is 14.8. The lowest BCUT2D eigenvalue weighted by Crippen LogP contribution is -3.29. The Labute approximate surface area is 180 Å². The van der Waals surface area contributed by atoms with E-state index in [0.717, 1.165) is 11.9 Å². The highest BCUT2D eigenvalue weighted by Crippen LogP contribution is 2.30. The van der Waals surface area contributed by atoms with Crippen LogP contribution < -0.4 is 9.80 Å². The molecule has 2 saturated carbocycles. The zero-order valence-corrected chi connectivity index (χ0v) is 18.5. The maximum Gasteiger partial charge on any atom is 0.214 e. The van der Waals surface area contributed by atoms with Crippen molar-refractivity contribution >= 4 is 0 Å². The first-order valence-electron chi connectivity index (χ1n) is 12.3. The molecule has 5 rings (SSSR count). The number of piperazine rings is 1. The summed E-state index contributed by atoms with van der Waals surface area (Å²) in [4.78, 5) is 3.50. The molecule has 6 heteroatoms. The van der Waals surface area contributed by atoms with Crippen LogP contribution in [0.4, 0.5) is 0 Å². The number of aryl methyl sites for hydroxylation is 1. The van der Waals surface area contributed by atoms with E-state index in [2.05, 4.69) is 51.4 Å². The zero-order valence-electron chi connectivity index (χ0n) is 18.5. The van der Waals surface area contributed by atoms with Gasteiger partial charge in [-0.3, -0.25) is 0 Å². The molecule has 162 valence electrons. The molecule has 1 atom stereocenters. The number of aromatic nitrogens is 4. The maximum absolute atomic E-state index is 4.64. The summed E-state index contributed by atoms with van der Waals surface area (Å²) in [7, 11) is 0. The first kappa shape index (κ1) is 20.1. The number of quaternary nitrogens is 2. The number of hydrogen-bond donors (Lipinski definition) is 2. The molecule has 2 N–H and O–H groups in total. The molecular formula is C24H38N6+2. The van der Waals surface area contributed by atoms with Gasteiger partial charge in [-0.25, -0.2) is 4.68 Å². The number of rotatable bonds is 5. The molecule has 3 aliphatic rings. The monoisotopic (exact) mass is 410 g/mol. The van der Waals surface area contributed by atoms with Crippen molar-refractivity contribution in [1.82, 2.24) is 20.2 Å². The quantitative estimate of drug-likeness (QED) is 0.781. The lowest BCUT2D eigenvalue weighted by Gasteiger charge is -2.37. The SMILES string of the molecule is Cc1ccc([C@@H](c2nnnn2C2CCCCC2)[NH+]2CC[NH+](C3CCCC3)CC2)cc1. The van der Waals surface area contributed by atoms with Gasteiger partial charge in [0.25, 0.3) is 0 Å². The number of benzene rings is 1. The van der Waals surface area contributed by atoms with E-state index >= 15 is 0 Å². The molecule has 1 aliphatic heterocycles. The molecule has 1 saturated heterocycles. The van der Waals surface area contributed by atoms with E-state index in [0.29, 0.717) is 6.04 Å². The molecule has 1 aromatic carbocycles. The van der Waals surface area contributed by atoms with Crippen LogP contribution in [0.5, 0.6) is 0 Å². The summed E-state index contributed by atoms with van der Waals surface area (Å²) >= 11 is 0. The van der Waals surface area contributed by atoms with Gasteiger partial charge in [0.15, 0.2) is 6.04 Å². The van der Waals surface area contributed by atoms with Gasteiger partial charge in [-0.05, 0) is 55.9 Å². The van der Waals surface area contributed by atoms with E-state index in [-0.39, 0.29) is 6.04 Å². The van der Waals surface area contributed by atoms with E-state index in [1.54, 1.807) is 4.90 Å². The van der Waals surface area contributed by atoms with E-state index in [9.17, 15) is 0 Å². The minimum absolute atomic E-state index is 0.243. The van der Waals surface area contributed by atoms with E-state index in [1.807, 2.05) is 4.90 Å². The van der Waals surface area contributed by atoms with E-state index in [4.69, 9.17) is 0 Å². The molecular weight excluding hydrogens is 372 g/mol. The van der Waals surface area contributed by atoms with Crippen molar-refractivity contribution in [3.05, 3.63) is 41.2 Å². The second-order valence-electron chi connectivity index (χ2n) is 9.92. The van der Waals surface area contributed by atoms with Gasteiger partial charge in [-0.1, -0.05) is 49.1 Å². The van der Waals surface area contributed by atoms with Crippen LogP contribution in [0.1, 0.15) is 86.8 Å². The van der Waals surface area contributed by atoms with Crippen molar-refractivity contribution in [2.75, 3.05) is 26.2 Å². The molecule has 0 spiro atoms. The summed E-state index contributed by atoms with van der Waals surface area (Å²) in [6.45, 7) is 7.16. The van der Waals surface area contributed by atoms with Crippen molar-refractivity contribution in [2.45, 2.75) is 82.8 Å². The van der Waals surface area contributed by atoms with Crippen LogP contribution in [0.15, 0.2) is 24.3 Å². The molecule has 0 radical (unpaired) electrons. The number of nitrogens with one attached hydrogen (secondary N) is 2. The third-order valence-corrected chi connectivity index (χ3v) is 7.98. The van der Waals surface area contributed by atoms with Crippen molar-refractivity contribution in [2.24, 2.45) is 0 Å². The van der Waals surface area contributed by atoms with Crippen LogP contribution in [0, 0.1) is 6.92 Å². The van der Waals surface area contributed by atoms with Gasteiger partial charge < -0.3 is 9.80 Å². The Balaban J connectivity index is 1.41. The minimum atomic E-state index is 0.243. The lowest BCUT2D eigenvalue weighted by atomic mass is 9.95. The number of hydrogen-bond acceptors (Lipinski definition) is 3. The predicted molar refractivity (Wildman–Crippen MR) is 117 cm³/mol. The van der Waals surface area contributed by atoms with Gasteiger partial charge in [0.1, 0.15) is 26.2 Å². The molecule has 2 heterocycles. The summed E-state index contributed by atoms with van der Waals surface area (Å²) in [6, 6.07) is 10.7. The molecule has 0 unspecified atom stereocenters. The lowest BCUT2D eigenvalue weighted by molar-refractivity contribution is -1.03. The minimum Gasteiger partial charge on any atom is -0.323 e. The molecule has 6 nitrogen and oxygen atoms in total. The number of tetrazole rings is 1. The topological polar surface area (TPSA) is 52.5 Å². The Bertz CT molecular complexity index is 795. The van der Waals surface area contributed by atoms with Gasteiger partial charge in [0.05, 0.1) is 12.1 Å². The molecule has 1 aromatic heterocycles. The highest BCUT2D eigenvalue weighted by molar-refractivity contribution is 5.26. The molecule has 0 amide bonds. The predicted octanol–water partition coefficient (Wildman–Crippen LogP) is 1.30. The summed E-state index contributed by atoms with van der Waals surface area (Å²) in [5.74, 6) is 1.09. The molecule has 2 aromatic rings. The zero-order chi connectivity index (χ0) is 20.3. The van der Waals surface area contributed by atoms with E-state index in [1.165, 1.54) is 95.1 Å². The average molecular weight is 411 g/mol. The Kier molecular flexibility index (Phi) is 6.14. The van der Waals surface area contributed by atoms with Gasteiger partial charge in [0.2, 0.25) is 5.82 Å². The molecule has 2 aliphatic carbocycles. The first-order valence-corrected chi connectivity index (χ1v) is 12.3. The fraction of sp³-hybridized carbons (Fsp3) is 0.708. The van der Waals surface area contributed by atoms with Crippen LogP contribution in [0.2, 0.25) is 0 Å². The van der Waals surface area contributed by atoms with Crippen molar-refractivity contribution < 1.29 is 9.80 Å². The number of nitrogens with zero attached hydrogens (tertiary/aromatic N) is 4. The van der Waals surface area contributed by atoms with Crippen molar-refractivity contribution in [3.63, 3.8) is 0 Å². The van der Waals surface area contributed by atoms with E-state index < -0.39 is 0 Å². The van der Waals surface area contributed by atoms with Gasteiger partial charge in [0, 0.05) is 5.56 Å². The molecule has 30 heavy (non-hydrogen) atoms. The molecule has 0 bridgehead atoms. The largest absolute Gasteiger partial charge is 0.323 e. The van der Waals surface area contributed by atoms with Gasteiger partial charge >= 0.3 is 0 Å². The second kappa shape index (κ2) is 9.15. The Morgan fingerprint density at radius 3 is 2.23 bits per heavy atom. The van der Waals surface area contributed by atoms with Crippen LogP contribution in [-0.4, -0.2) is 52.4 Å². The summed E-state index contributed by atoms with van der Waals surface area (Å²) < 4.78 is 2.20. The van der Waals surface area contributed by atoms with Crippen molar-refractivity contribution in [1.29, 1.82) is 0 Å². The smallest absolute Gasteiger partial charge is 0.214 e. The van der Waals surface area contributed by atoms with Gasteiger partial charge in [-0.15, -0.1) is 5.10 Å². The van der Waals surface area contributed by atoms with Crippen LogP contribution in [0.3, 0.4) is 0 Å². The Morgan fingerprint density at radius 2 is 1.53 bits per heavy atom. The Hall–Kier alpha value is -1.79. The van der Waals surface area contributed by atoms with Crippen LogP contribution in [0.25, 0.3) is 0 Å². The van der Waals surface area contributed by atoms with Crippen LogP contribution >= 0.6 is 0 Å². The average Bonchev–Trinajstić information content (AvgIpc) is 3.49. The fourth-order valence-electron chi connectivity index (χ4n) is 6.23. The summed E-state index contributed by atoms with van der Waals surface area (Å²) in [6.07, 6.45) is 12.1. The van der Waals surface area contributed by atoms with Gasteiger partial charge in [-0.2, -0.15) is 0 Å². The third kappa shape index (κ3) is 4.17.